The average molecular weight is 418 g/mol. The van der Waals surface area contributed by atoms with E-state index in [9.17, 15) is 0 Å². The first kappa shape index (κ1) is 21.3. The highest BCUT2D eigenvalue weighted by atomic mass is 16.5. The van der Waals surface area contributed by atoms with Crippen molar-refractivity contribution in [3.05, 3.63) is 89.0 Å². The van der Waals surface area contributed by atoms with Crippen molar-refractivity contribution in [3.63, 3.8) is 0 Å². The molecule has 0 N–H and O–H groups in total. The Morgan fingerprint density at radius 3 is 2.19 bits per heavy atom. The zero-order chi connectivity index (χ0) is 21.8. The van der Waals surface area contributed by atoms with Crippen LogP contribution in [0.15, 0.2) is 66.7 Å². The third-order valence-electron chi connectivity index (χ3n) is 6.41. The largest absolute Gasteiger partial charge is 0.497 e. The predicted molar refractivity (Wildman–Crippen MR) is 124 cm³/mol. The van der Waals surface area contributed by atoms with Gasteiger partial charge in [-0.15, -0.1) is 0 Å². The molecule has 4 rings (SSSR count). The molecule has 1 aliphatic rings. The normalized spacial score (nSPS) is 17.0. The third-order valence-corrected chi connectivity index (χ3v) is 6.41. The van der Waals surface area contributed by atoms with Gasteiger partial charge in [-0.05, 0) is 66.3 Å². The summed E-state index contributed by atoms with van der Waals surface area (Å²) in [6, 6.07) is 24.1. The zero-order valence-electron chi connectivity index (χ0n) is 18.8. The van der Waals surface area contributed by atoms with Gasteiger partial charge in [0, 0.05) is 18.6 Å². The lowest BCUT2D eigenvalue weighted by atomic mass is 9.86. The maximum Gasteiger partial charge on any atom is 0.161 e. The standard InChI is InChI=1S/C27H31NO3/c1-19(21-8-6-5-7-9-21)28-15-14-22-17-26(30-3)27(31-4)18-24(22)25(28)16-20-10-12-23(29-2)13-11-20/h5-13,17-19,25H,14-16H2,1-4H3/t19-,25-/m1/s1. The van der Waals surface area contributed by atoms with Gasteiger partial charge in [0.1, 0.15) is 5.75 Å². The van der Waals surface area contributed by atoms with Gasteiger partial charge in [0.15, 0.2) is 11.5 Å². The fourth-order valence-corrected chi connectivity index (χ4v) is 4.65. The second kappa shape index (κ2) is 9.44. The van der Waals surface area contributed by atoms with E-state index in [4.69, 9.17) is 14.2 Å². The second-order valence-electron chi connectivity index (χ2n) is 8.05. The summed E-state index contributed by atoms with van der Waals surface area (Å²) in [5, 5.41) is 0. The van der Waals surface area contributed by atoms with E-state index in [0.717, 1.165) is 36.6 Å². The van der Waals surface area contributed by atoms with Gasteiger partial charge in [-0.2, -0.15) is 0 Å². The summed E-state index contributed by atoms with van der Waals surface area (Å²) in [6.07, 6.45) is 1.91. The number of fused-ring (bicyclic) bond motifs is 1. The number of rotatable bonds is 7. The van der Waals surface area contributed by atoms with Crippen molar-refractivity contribution >= 4 is 0 Å². The molecule has 162 valence electrons. The van der Waals surface area contributed by atoms with Crippen molar-refractivity contribution < 1.29 is 14.2 Å². The minimum absolute atomic E-state index is 0.243. The highest BCUT2D eigenvalue weighted by Gasteiger charge is 2.32. The Balaban J connectivity index is 1.74. The van der Waals surface area contributed by atoms with Gasteiger partial charge in [-0.1, -0.05) is 42.5 Å². The van der Waals surface area contributed by atoms with Crippen LogP contribution in [0.4, 0.5) is 0 Å². The van der Waals surface area contributed by atoms with Gasteiger partial charge >= 0.3 is 0 Å². The van der Waals surface area contributed by atoms with Gasteiger partial charge in [-0.25, -0.2) is 0 Å². The Labute approximate surface area is 185 Å². The predicted octanol–water partition coefficient (Wildman–Crippen LogP) is 5.62. The molecule has 3 aromatic carbocycles. The molecule has 0 aromatic heterocycles. The number of hydrogen-bond donors (Lipinski definition) is 0. The summed E-state index contributed by atoms with van der Waals surface area (Å²) in [4.78, 5) is 2.62. The zero-order valence-corrected chi connectivity index (χ0v) is 18.8. The summed E-state index contributed by atoms with van der Waals surface area (Å²) in [6.45, 7) is 3.31. The molecule has 0 bridgehead atoms. The molecule has 1 aliphatic heterocycles. The third kappa shape index (κ3) is 4.40. The van der Waals surface area contributed by atoms with Gasteiger partial charge in [0.25, 0.3) is 0 Å². The maximum absolute atomic E-state index is 5.65. The molecular weight excluding hydrogens is 386 g/mol. The molecule has 0 saturated carbocycles. The Bertz CT molecular complexity index is 1000. The first-order chi connectivity index (χ1) is 15.1. The van der Waals surface area contributed by atoms with Crippen LogP contribution in [-0.4, -0.2) is 32.8 Å². The first-order valence-corrected chi connectivity index (χ1v) is 10.8. The Hall–Kier alpha value is -2.98. The summed E-state index contributed by atoms with van der Waals surface area (Å²) in [5.74, 6) is 2.47. The monoisotopic (exact) mass is 417 g/mol. The quantitative estimate of drug-likeness (QED) is 0.500. The van der Waals surface area contributed by atoms with Crippen molar-refractivity contribution in [3.8, 4) is 17.2 Å². The Kier molecular flexibility index (Phi) is 6.47. The van der Waals surface area contributed by atoms with Crippen LogP contribution in [0.2, 0.25) is 0 Å². The summed E-state index contributed by atoms with van der Waals surface area (Å²) in [5.41, 5.74) is 5.29. The highest BCUT2D eigenvalue weighted by Crippen LogP contribution is 2.42. The molecule has 0 unspecified atom stereocenters. The van der Waals surface area contributed by atoms with Crippen LogP contribution in [-0.2, 0) is 12.8 Å². The number of hydrogen-bond acceptors (Lipinski definition) is 4. The highest BCUT2D eigenvalue weighted by molar-refractivity contribution is 5.50. The first-order valence-electron chi connectivity index (χ1n) is 10.8. The van der Waals surface area contributed by atoms with Crippen LogP contribution in [0.25, 0.3) is 0 Å². The summed E-state index contributed by atoms with van der Waals surface area (Å²) >= 11 is 0. The average Bonchev–Trinajstić information content (AvgIpc) is 2.84. The van der Waals surface area contributed by atoms with Crippen LogP contribution in [0.1, 0.15) is 41.3 Å². The van der Waals surface area contributed by atoms with Gasteiger partial charge < -0.3 is 14.2 Å². The lowest BCUT2D eigenvalue weighted by molar-refractivity contribution is 0.131. The fraction of sp³-hybridized carbons (Fsp3) is 0.333. The number of benzene rings is 3. The van der Waals surface area contributed by atoms with Crippen LogP contribution < -0.4 is 14.2 Å². The number of methoxy groups -OCH3 is 3. The number of ether oxygens (including phenoxy) is 3. The van der Waals surface area contributed by atoms with Crippen molar-refractivity contribution in [1.29, 1.82) is 0 Å². The van der Waals surface area contributed by atoms with E-state index in [-0.39, 0.29) is 6.04 Å². The van der Waals surface area contributed by atoms with Gasteiger partial charge in [-0.3, -0.25) is 4.90 Å². The molecule has 1 heterocycles. The van der Waals surface area contributed by atoms with E-state index in [2.05, 4.69) is 66.4 Å². The van der Waals surface area contributed by atoms with Crippen molar-refractivity contribution in [2.45, 2.75) is 31.8 Å². The van der Waals surface area contributed by atoms with Crippen LogP contribution in [0, 0.1) is 0 Å². The molecule has 2 atom stereocenters. The minimum atomic E-state index is 0.243. The van der Waals surface area contributed by atoms with E-state index in [1.54, 1.807) is 21.3 Å². The van der Waals surface area contributed by atoms with Crippen molar-refractivity contribution in [2.75, 3.05) is 27.9 Å². The molecule has 0 aliphatic carbocycles. The lowest BCUT2D eigenvalue weighted by Crippen LogP contribution is -2.38. The van der Waals surface area contributed by atoms with E-state index < -0.39 is 0 Å². The van der Waals surface area contributed by atoms with E-state index in [1.165, 1.54) is 22.3 Å². The Morgan fingerprint density at radius 1 is 0.871 bits per heavy atom. The minimum Gasteiger partial charge on any atom is -0.497 e. The Morgan fingerprint density at radius 2 is 1.55 bits per heavy atom. The molecule has 31 heavy (non-hydrogen) atoms. The summed E-state index contributed by atoms with van der Waals surface area (Å²) < 4.78 is 16.6. The molecule has 3 aromatic rings. The fourth-order valence-electron chi connectivity index (χ4n) is 4.65. The van der Waals surface area contributed by atoms with E-state index in [0.29, 0.717) is 6.04 Å². The second-order valence-corrected chi connectivity index (χ2v) is 8.05. The molecule has 4 heteroatoms. The molecule has 0 spiro atoms. The molecule has 0 fully saturated rings. The van der Waals surface area contributed by atoms with Crippen molar-refractivity contribution in [2.24, 2.45) is 0 Å². The van der Waals surface area contributed by atoms with Gasteiger partial charge in [0.2, 0.25) is 0 Å². The van der Waals surface area contributed by atoms with Crippen LogP contribution in [0.3, 0.4) is 0 Å². The van der Waals surface area contributed by atoms with Crippen LogP contribution in [0.5, 0.6) is 17.2 Å². The van der Waals surface area contributed by atoms with E-state index >= 15 is 0 Å². The molecule has 4 nitrogen and oxygen atoms in total. The smallest absolute Gasteiger partial charge is 0.161 e. The topological polar surface area (TPSA) is 30.9 Å². The number of nitrogens with zero attached hydrogens (tertiary/aromatic N) is 1. The molecule has 0 amide bonds. The molecular formula is C27H31NO3. The van der Waals surface area contributed by atoms with E-state index in [1.807, 2.05) is 12.1 Å². The molecule has 0 radical (unpaired) electrons. The maximum atomic E-state index is 5.65. The van der Waals surface area contributed by atoms with Crippen LogP contribution >= 0.6 is 0 Å². The SMILES string of the molecule is COc1ccc(C[C@@H]2c3cc(OC)c(OC)cc3CCN2[C@H](C)c2ccccc2)cc1. The lowest BCUT2D eigenvalue weighted by Gasteiger charge is -2.42. The molecule has 0 saturated heterocycles. The summed E-state index contributed by atoms with van der Waals surface area (Å²) in [7, 11) is 5.11. The van der Waals surface area contributed by atoms with Gasteiger partial charge in [0.05, 0.1) is 21.3 Å². The van der Waals surface area contributed by atoms with Crippen molar-refractivity contribution in [1.82, 2.24) is 4.90 Å².